The van der Waals surface area contributed by atoms with Crippen molar-refractivity contribution in [1.29, 1.82) is 0 Å². The van der Waals surface area contributed by atoms with Crippen LogP contribution < -0.4 is 0 Å². The minimum Gasteiger partial charge on any atom is -0.465 e. The number of ether oxygens (including phenoxy) is 2. The first-order valence-corrected chi connectivity index (χ1v) is 5.67. The Balaban J connectivity index is 3.53. The summed E-state index contributed by atoms with van der Waals surface area (Å²) in [7, 11) is 0. The van der Waals surface area contributed by atoms with Crippen LogP contribution in [0.25, 0.3) is 0 Å². The van der Waals surface area contributed by atoms with Crippen molar-refractivity contribution in [1.82, 2.24) is 0 Å². The van der Waals surface area contributed by atoms with Crippen molar-refractivity contribution in [2.24, 2.45) is 0 Å². The molecule has 0 aromatic rings. The van der Waals surface area contributed by atoms with Gasteiger partial charge in [0.05, 0.1) is 25.6 Å². The molecule has 0 aliphatic carbocycles. The van der Waals surface area contributed by atoms with Crippen LogP contribution in [0, 0.1) is 0 Å². The Morgan fingerprint density at radius 1 is 1.18 bits per heavy atom. The first-order chi connectivity index (χ1) is 8.10. The summed E-state index contributed by atoms with van der Waals surface area (Å²) in [6, 6.07) is 0. The van der Waals surface area contributed by atoms with E-state index in [-0.39, 0.29) is 30.9 Å². The van der Waals surface area contributed by atoms with Crippen LogP contribution in [-0.2, 0) is 19.1 Å². The summed E-state index contributed by atoms with van der Waals surface area (Å²) in [5.74, 6) is -0.563. The van der Waals surface area contributed by atoms with Gasteiger partial charge in [-0.15, -0.1) is 13.2 Å². The highest BCUT2D eigenvalue weighted by atomic mass is 16.5. The summed E-state index contributed by atoms with van der Waals surface area (Å²) in [6.07, 6.45) is 4.63. The van der Waals surface area contributed by atoms with Gasteiger partial charge in [-0.25, -0.2) is 0 Å². The second-order valence-corrected chi connectivity index (χ2v) is 3.65. The van der Waals surface area contributed by atoms with Gasteiger partial charge < -0.3 is 9.47 Å². The molecule has 0 N–H and O–H groups in total. The predicted octanol–water partition coefficient (Wildman–Crippen LogP) is 2.39. The molecule has 4 nitrogen and oxygen atoms in total. The molecule has 0 aromatic heterocycles. The van der Waals surface area contributed by atoms with E-state index >= 15 is 0 Å². The van der Waals surface area contributed by atoms with Crippen LogP contribution in [-0.4, -0.2) is 24.6 Å². The zero-order valence-electron chi connectivity index (χ0n) is 10.3. The third kappa shape index (κ3) is 9.35. The second-order valence-electron chi connectivity index (χ2n) is 3.65. The van der Waals surface area contributed by atoms with E-state index in [2.05, 4.69) is 13.2 Å². The molecule has 0 aromatic carbocycles. The van der Waals surface area contributed by atoms with Crippen LogP contribution in [0.2, 0.25) is 0 Å². The average Bonchev–Trinajstić information content (AvgIpc) is 2.25. The van der Waals surface area contributed by atoms with Crippen molar-refractivity contribution in [2.45, 2.75) is 38.7 Å². The van der Waals surface area contributed by atoms with Crippen molar-refractivity contribution in [2.75, 3.05) is 6.61 Å². The molecule has 96 valence electrons. The van der Waals surface area contributed by atoms with Crippen LogP contribution in [0.3, 0.4) is 0 Å². The molecule has 0 rings (SSSR count). The molecule has 0 saturated carbocycles. The molecule has 0 bridgehead atoms. The molecule has 0 radical (unpaired) electrons. The van der Waals surface area contributed by atoms with Crippen LogP contribution in [0.15, 0.2) is 25.3 Å². The number of carbonyl (C=O) groups is 2. The van der Waals surface area contributed by atoms with Crippen molar-refractivity contribution in [3.8, 4) is 0 Å². The molecule has 1 unspecified atom stereocenters. The molecule has 0 spiro atoms. The highest BCUT2D eigenvalue weighted by Crippen LogP contribution is 2.04. The smallest absolute Gasteiger partial charge is 0.309 e. The van der Waals surface area contributed by atoms with E-state index in [9.17, 15) is 9.59 Å². The standard InChI is InChI=1S/C13H20O4/c1-4-7-12(14)16-10-6-9-11(3)17-13(15)8-5-2/h4-5,11H,1-2,6-10H2,3H3. The monoisotopic (exact) mass is 240 g/mol. The van der Waals surface area contributed by atoms with Crippen LogP contribution in [0.5, 0.6) is 0 Å². The lowest BCUT2D eigenvalue weighted by atomic mass is 10.2. The van der Waals surface area contributed by atoms with Crippen molar-refractivity contribution in [3.63, 3.8) is 0 Å². The molecule has 0 heterocycles. The second kappa shape index (κ2) is 9.63. The summed E-state index contributed by atoms with van der Waals surface area (Å²) in [6.45, 7) is 9.05. The number of rotatable bonds is 9. The van der Waals surface area contributed by atoms with Crippen molar-refractivity contribution >= 4 is 11.9 Å². The molecular formula is C13H20O4. The van der Waals surface area contributed by atoms with Gasteiger partial charge in [0.2, 0.25) is 0 Å². The molecular weight excluding hydrogens is 220 g/mol. The highest BCUT2D eigenvalue weighted by Gasteiger charge is 2.08. The van der Waals surface area contributed by atoms with E-state index in [0.29, 0.717) is 19.4 Å². The van der Waals surface area contributed by atoms with Crippen LogP contribution in [0.4, 0.5) is 0 Å². The number of hydrogen-bond donors (Lipinski definition) is 0. The minimum atomic E-state index is -0.281. The van der Waals surface area contributed by atoms with Crippen LogP contribution >= 0.6 is 0 Å². The summed E-state index contributed by atoms with van der Waals surface area (Å²) < 4.78 is 10.00. The first-order valence-electron chi connectivity index (χ1n) is 5.67. The lowest BCUT2D eigenvalue weighted by Crippen LogP contribution is -2.15. The van der Waals surface area contributed by atoms with E-state index in [1.807, 2.05) is 6.92 Å². The van der Waals surface area contributed by atoms with E-state index in [1.165, 1.54) is 12.2 Å². The minimum absolute atomic E-state index is 0.166. The lowest BCUT2D eigenvalue weighted by Gasteiger charge is -2.12. The van der Waals surface area contributed by atoms with Gasteiger partial charge in [-0.2, -0.15) is 0 Å². The molecule has 0 aliphatic rings. The molecule has 0 fully saturated rings. The molecule has 0 amide bonds. The van der Waals surface area contributed by atoms with Gasteiger partial charge in [-0.1, -0.05) is 12.2 Å². The predicted molar refractivity (Wildman–Crippen MR) is 65.4 cm³/mol. The number of esters is 2. The molecule has 0 aliphatic heterocycles. The van der Waals surface area contributed by atoms with Crippen LogP contribution in [0.1, 0.15) is 32.6 Å². The van der Waals surface area contributed by atoms with Gasteiger partial charge in [0.25, 0.3) is 0 Å². The number of hydrogen-bond acceptors (Lipinski definition) is 4. The molecule has 0 saturated heterocycles. The van der Waals surface area contributed by atoms with Crippen molar-refractivity contribution in [3.05, 3.63) is 25.3 Å². The quantitative estimate of drug-likeness (QED) is 0.353. The van der Waals surface area contributed by atoms with Gasteiger partial charge in [0.15, 0.2) is 0 Å². The van der Waals surface area contributed by atoms with Gasteiger partial charge in [-0.05, 0) is 19.8 Å². The summed E-state index contributed by atoms with van der Waals surface area (Å²) in [5, 5.41) is 0. The van der Waals surface area contributed by atoms with E-state index < -0.39 is 0 Å². The van der Waals surface area contributed by atoms with Gasteiger partial charge >= 0.3 is 11.9 Å². The lowest BCUT2D eigenvalue weighted by molar-refractivity contribution is -0.148. The van der Waals surface area contributed by atoms with E-state index in [0.717, 1.165) is 0 Å². The SMILES string of the molecule is C=CCC(=O)OCCCC(C)OC(=O)CC=C. The van der Waals surface area contributed by atoms with Gasteiger partial charge in [-0.3, -0.25) is 9.59 Å². The Morgan fingerprint density at radius 2 is 1.76 bits per heavy atom. The van der Waals surface area contributed by atoms with E-state index in [1.54, 1.807) is 0 Å². The molecule has 17 heavy (non-hydrogen) atoms. The third-order valence-electron chi connectivity index (χ3n) is 1.97. The fourth-order valence-corrected chi connectivity index (χ4v) is 1.18. The summed E-state index contributed by atoms with van der Waals surface area (Å²) >= 11 is 0. The maximum Gasteiger partial charge on any atom is 0.309 e. The average molecular weight is 240 g/mol. The maximum atomic E-state index is 11.1. The largest absolute Gasteiger partial charge is 0.465 e. The Bertz CT molecular complexity index is 271. The van der Waals surface area contributed by atoms with E-state index in [4.69, 9.17) is 9.47 Å². The molecule has 4 heteroatoms. The Kier molecular flexibility index (Phi) is 8.74. The normalized spacial score (nSPS) is 11.4. The third-order valence-corrected chi connectivity index (χ3v) is 1.97. The van der Waals surface area contributed by atoms with Gasteiger partial charge in [0, 0.05) is 0 Å². The Hall–Kier alpha value is -1.58. The Labute approximate surface area is 102 Å². The fourth-order valence-electron chi connectivity index (χ4n) is 1.18. The zero-order valence-corrected chi connectivity index (χ0v) is 10.3. The summed E-state index contributed by atoms with van der Waals surface area (Å²) in [5.41, 5.74) is 0. The number of carbonyl (C=O) groups excluding carboxylic acids is 2. The fraction of sp³-hybridized carbons (Fsp3) is 0.538. The Morgan fingerprint density at radius 3 is 2.35 bits per heavy atom. The summed E-state index contributed by atoms with van der Waals surface area (Å²) in [4.78, 5) is 22.1. The first kappa shape index (κ1) is 15.4. The highest BCUT2D eigenvalue weighted by molar-refractivity contribution is 5.71. The topological polar surface area (TPSA) is 52.6 Å². The zero-order chi connectivity index (χ0) is 13.1. The molecule has 1 atom stereocenters. The van der Waals surface area contributed by atoms with Gasteiger partial charge in [0.1, 0.15) is 0 Å². The van der Waals surface area contributed by atoms with Crippen molar-refractivity contribution < 1.29 is 19.1 Å². The maximum absolute atomic E-state index is 11.1.